The minimum atomic E-state index is -0.249. The van der Waals surface area contributed by atoms with Crippen LogP contribution in [0.25, 0.3) is 33.5 Å². The third kappa shape index (κ3) is 3.96. The molecule has 0 saturated carbocycles. The van der Waals surface area contributed by atoms with Gasteiger partial charge in [0.25, 0.3) is 0 Å². The zero-order chi connectivity index (χ0) is 21.4. The van der Waals surface area contributed by atoms with E-state index in [-0.39, 0.29) is 5.82 Å². The summed E-state index contributed by atoms with van der Waals surface area (Å²) in [5.41, 5.74) is 7.65. The van der Waals surface area contributed by atoms with Crippen molar-refractivity contribution in [1.82, 2.24) is 25.2 Å². The highest BCUT2D eigenvalue weighted by Crippen LogP contribution is 2.33. The average Bonchev–Trinajstić information content (AvgIpc) is 3.22. The highest BCUT2D eigenvalue weighted by Gasteiger charge is 2.15. The van der Waals surface area contributed by atoms with Crippen molar-refractivity contribution >= 4 is 11.0 Å². The maximum atomic E-state index is 14.1. The molecule has 0 amide bonds. The summed E-state index contributed by atoms with van der Waals surface area (Å²) in [5.74, 6) is -0.249. The van der Waals surface area contributed by atoms with Gasteiger partial charge in [0.15, 0.2) is 0 Å². The van der Waals surface area contributed by atoms with Gasteiger partial charge in [0.05, 0.1) is 5.69 Å². The Labute approximate surface area is 181 Å². The summed E-state index contributed by atoms with van der Waals surface area (Å²) in [6.45, 7) is 9.19. The van der Waals surface area contributed by atoms with Crippen LogP contribution >= 0.6 is 0 Å². The van der Waals surface area contributed by atoms with Crippen molar-refractivity contribution < 1.29 is 4.39 Å². The molecule has 0 radical (unpaired) electrons. The summed E-state index contributed by atoms with van der Waals surface area (Å²) in [5, 5.41) is 4.29. The first-order valence-electron chi connectivity index (χ1n) is 10.7. The van der Waals surface area contributed by atoms with Crippen LogP contribution in [-0.2, 0) is 6.54 Å². The van der Waals surface area contributed by atoms with Crippen LogP contribution < -0.4 is 5.32 Å². The molecule has 0 bridgehead atoms. The number of rotatable bonds is 4. The number of aromatic nitrogens is 3. The van der Waals surface area contributed by atoms with Crippen LogP contribution in [0.1, 0.15) is 16.7 Å². The fourth-order valence-electron chi connectivity index (χ4n) is 4.29. The second-order valence-corrected chi connectivity index (χ2v) is 8.29. The van der Waals surface area contributed by atoms with E-state index in [1.165, 1.54) is 11.9 Å². The van der Waals surface area contributed by atoms with E-state index in [0.29, 0.717) is 0 Å². The highest BCUT2D eigenvalue weighted by atomic mass is 19.1. The fraction of sp³-hybridized carbons (Fsp3) is 0.280. The molecule has 0 spiro atoms. The van der Waals surface area contributed by atoms with Crippen molar-refractivity contribution in [3.8, 4) is 22.5 Å². The third-order valence-corrected chi connectivity index (χ3v) is 6.19. The largest absolute Gasteiger partial charge is 0.339 e. The van der Waals surface area contributed by atoms with E-state index in [4.69, 9.17) is 0 Å². The molecule has 3 heterocycles. The monoisotopic (exact) mass is 415 g/mol. The second kappa shape index (κ2) is 8.21. The van der Waals surface area contributed by atoms with Crippen LogP contribution in [-0.4, -0.2) is 46.0 Å². The number of hydrogen-bond donors (Lipinski definition) is 2. The average molecular weight is 416 g/mol. The first-order valence-corrected chi connectivity index (χ1v) is 10.7. The Hall–Kier alpha value is -3.09. The summed E-state index contributed by atoms with van der Waals surface area (Å²) < 4.78 is 14.1. The molecule has 2 aromatic heterocycles. The molecule has 5 rings (SSSR count). The van der Waals surface area contributed by atoms with Crippen LogP contribution in [0.5, 0.6) is 0 Å². The molecule has 5 nitrogen and oxygen atoms in total. The molecular formula is C25H26FN5. The standard InChI is InChI=1S/C25H26FN5/c1-16-11-20(26)12-21(17(16)2)24-22-13-23(30-25(22)29-15-28-24)19-5-3-18(4-6-19)14-31-9-7-27-8-10-31/h3-6,11-13,15,27H,7-10,14H2,1-2H3,(H,28,29,30). The maximum absolute atomic E-state index is 14.1. The number of H-pyrrole nitrogens is 1. The van der Waals surface area contributed by atoms with Gasteiger partial charge in [-0.05, 0) is 54.3 Å². The number of fused-ring (bicyclic) bond motifs is 1. The summed E-state index contributed by atoms with van der Waals surface area (Å²) in [7, 11) is 0. The molecule has 4 aromatic rings. The molecule has 1 fully saturated rings. The van der Waals surface area contributed by atoms with Crippen LogP contribution in [0.3, 0.4) is 0 Å². The zero-order valence-electron chi connectivity index (χ0n) is 17.9. The highest BCUT2D eigenvalue weighted by molar-refractivity contribution is 5.95. The number of nitrogens with one attached hydrogen (secondary N) is 2. The molecule has 6 heteroatoms. The van der Waals surface area contributed by atoms with E-state index in [0.717, 1.165) is 77.4 Å². The molecule has 0 aliphatic carbocycles. The van der Waals surface area contributed by atoms with Gasteiger partial charge in [-0.2, -0.15) is 0 Å². The summed E-state index contributed by atoms with van der Waals surface area (Å²) in [6, 6.07) is 13.9. The molecule has 1 saturated heterocycles. The fourth-order valence-corrected chi connectivity index (χ4v) is 4.29. The van der Waals surface area contributed by atoms with Crippen molar-refractivity contribution in [3.63, 3.8) is 0 Å². The van der Waals surface area contributed by atoms with Crippen molar-refractivity contribution in [1.29, 1.82) is 0 Å². The SMILES string of the molecule is Cc1cc(F)cc(-c2ncnc3[nH]c(-c4ccc(CN5CCNCC5)cc4)cc23)c1C. The molecule has 1 aliphatic rings. The summed E-state index contributed by atoms with van der Waals surface area (Å²) >= 11 is 0. The van der Waals surface area contributed by atoms with Gasteiger partial charge in [0.1, 0.15) is 17.8 Å². The molecule has 158 valence electrons. The van der Waals surface area contributed by atoms with Crippen molar-refractivity contribution in [3.05, 3.63) is 71.3 Å². The summed E-state index contributed by atoms with van der Waals surface area (Å²) in [6.07, 6.45) is 1.54. The van der Waals surface area contributed by atoms with Crippen LogP contribution in [0.2, 0.25) is 0 Å². The molecule has 2 N–H and O–H groups in total. The van der Waals surface area contributed by atoms with Gasteiger partial charge in [-0.3, -0.25) is 4.90 Å². The van der Waals surface area contributed by atoms with E-state index < -0.39 is 0 Å². The van der Waals surface area contributed by atoms with Crippen LogP contribution in [0.15, 0.2) is 48.8 Å². The smallest absolute Gasteiger partial charge is 0.141 e. The molecule has 0 atom stereocenters. The van der Waals surface area contributed by atoms with E-state index >= 15 is 0 Å². The Bertz CT molecular complexity index is 1220. The Morgan fingerprint density at radius 3 is 2.55 bits per heavy atom. The van der Waals surface area contributed by atoms with Gasteiger partial charge in [0.2, 0.25) is 0 Å². The Kier molecular flexibility index (Phi) is 5.26. The van der Waals surface area contributed by atoms with E-state index in [1.807, 2.05) is 13.8 Å². The third-order valence-electron chi connectivity index (χ3n) is 6.19. The lowest BCUT2D eigenvalue weighted by Crippen LogP contribution is -2.42. The van der Waals surface area contributed by atoms with Gasteiger partial charge < -0.3 is 10.3 Å². The molecule has 1 aliphatic heterocycles. The lowest BCUT2D eigenvalue weighted by molar-refractivity contribution is 0.233. The predicted molar refractivity (Wildman–Crippen MR) is 122 cm³/mol. The van der Waals surface area contributed by atoms with Gasteiger partial charge in [-0.1, -0.05) is 24.3 Å². The first kappa shape index (κ1) is 19.8. The maximum Gasteiger partial charge on any atom is 0.141 e. The number of halogens is 1. The number of benzene rings is 2. The van der Waals surface area contributed by atoms with Gasteiger partial charge in [0, 0.05) is 49.4 Å². The normalized spacial score (nSPS) is 14.9. The number of aryl methyl sites for hydroxylation is 1. The van der Waals surface area contributed by atoms with Crippen LogP contribution in [0.4, 0.5) is 4.39 Å². The number of piperazine rings is 1. The Morgan fingerprint density at radius 1 is 1.00 bits per heavy atom. The lowest BCUT2D eigenvalue weighted by Gasteiger charge is -2.27. The number of aromatic amines is 1. The number of nitrogens with zero attached hydrogens (tertiary/aromatic N) is 3. The van der Waals surface area contributed by atoms with Gasteiger partial charge in [-0.25, -0.2) is 14.4 Å². The minimum Gasteiger partial charge on any atom is -0.339 e. The van der Waals surface area contributed by atoms with E-state index in [1.54, 1.807) is 12.1 Å². The van der Waals surface area contributed by atoms with Crippen molar-refractivity contribution in [2.45, 2.75) is 20.4 Å². The van der Waals surface area contributed by atoms with Crippen molar-refractivity contribution in [2.24, 2.45) is 0 Å². The molecule has 0 unspecified atom stereocenters. The predicted octanol–water partition coefficient (Wildman–Crippen LogP) is 4.45. The first-order chi connectivity index (χ1) is 15.1. The van der Waals surface area contributed by atoms with Gasteiger partial charge >= 0.3 is 0 Å². The second-order valence-electron chi connectivity index (χ2n) is 8.29. The van der Waals surface area contributed by atoms with Crippen molar-refractivity contribution in [2.75, 3.05) is 26.2 Å². The van der Waals surface area contributed by atoms with Gasteiger partial charge in [-0.15, -0.1) is 0 Å². The van der Waals surface area contributed by atoms with E-state index in [2.05, 4.69) is 55.5 Å². The van der Waals surface area contributed by atoms with Crippen LogP contribution in [0, 0.1) is 19.7 Å². The molecule has 2 aromatic carbocycles. The lowest BCUT2D eigenvalue weighted by atomic mass is 9.99. The topological polar surface area (TPSA) is 56.8 Å². The zero-order valence-corrected chi connectivity index (χ0v) is 17.9. The Balaban J connectivity index is 1.47. The van der Waals surface area contributed by atoms with E-state index in [9.17, 15) is 4.39 Å². The number of hydrogen-bond acceptors (Lipinski definition) is 4. The quantitative estimate of drug-likeness (QED) is 0.517. The molecular weight excluding hydrogens is 389 g/mol. The minimum absolute atomic E-state index is 0.249. The summed E-state index contributed by atoms with van der Waals surface area (Å²) in [4.78, 5) is 14.8. The molecule has 31 heavy (non-hydrogen) atoms. The Morgan fingerprint density at radius 2 is 1.77 bits per heavy atom.